The zero-order valence-electron chi connectivity index (χ0n) is 17.1. The minimum atomic E-state index is -0.382. The normalized spacial score (nSPS) is 10.5. The summed E-state index contributed by atoms with van der Waals surface area (Å²) in [5.74, 6) is 1.58. The second kappa shape index (κ2) is 11.1. The van der Waals surface area contributed by atoms with Crippen LogP contribution in [0, 0.1) is 0 Å². The highest BCUT2D eigenvalue weighted by molar-refractivity contribution is 7.98. The van der Waals surface area contributed by atoms with E-state index >= 15 is 0 Å². The summed E-state index contributed by atoms with van der Waals surface area (Å²) in [6, 6.07) is 14.9. The van der Waals surface area contributed by atoms with E-state index in [0.29, 0.717) is 40.3 Å². The second-order valence-electron chi connectivity index (χ2n) is 6.34. The lowest BCUT2D eigenvalue weighted by Gasteiger charge is -2.14. The average molecular weight is 476 g/mol. The van der Waals surface area contributed by atoms with Gasteiger partial charge in [0.1, 0.15) is 5.75 Å². The molecule has 0 aliphatic carbocycles. The van der Waals surface area contributed by atoms with Gasteiger partial charge >= 0.3 is 0 Å². The number of aryl methyl sites for hydroxylation is 1. The molecule has 3 rings (SSSR count). The molecule has 162 valence electrons. The predicted octanol–water partition coefficient (Wildman–Crippen LogP) is 4.44. The van der Waals surface area contributed by atoms with Crippen molar-refractivity contribution in [1.29, 1.82) is 0 Å². The first-order valence-electron chi connectivity index (χ1n) is 9.67. The minimum absolute atomic E-state index is 0.131. The van der Waals surface area contributed by atoms with E-state index in [1.807, 2.05) is 32.0 Å². The molecule has 31 heavy (non-hydrogen) atoms. The van der Waals surface area contributed by atoms with Crippen LogP contribution in [0.4, 0.5) is 0 Å². The van der Waals surface area contributed by atoms with Gasteiger partial charge in [0.25, 0.3) is 5.91 Å². The van der Waals surface area contributed by atoms with Crippen molar-refractivity contribution in [2.75, 3.05) is 12.0 Å². The highest BCUT2D eigenvalue weighted by Gasteiger charge is 2.15. The smallest absolute Gasteiger partial charge is 0.257 e. The van der Waals surface area contributed by atoms with Crippen LogP contribution < -0.4 is 15.5 Å². The number of carbonyl (C=O) groups is 1. The number of hydrogen-bond donors (Lipinski definition) is 2. The number of thiocarbonyl (C=S) groups is 1. The lowest BCUT2D eigenvalue weighted by atomic mass is 10.2. The van der Waals surface area contributed by atoms with Crippen LogP contribution >= 0.6 is 35.6 Å². The summed E-state index contributed by atoms with van der Waals surface area (Å²) < 4.78 is 7.09. The molecule has 0 fully saturated rings. The predicted molar refractivity (Wildman–Crippen MR) is 127 cm³/mol. The molecule has 1 amide bonds. The van der Waals surface area contributed by atoms with E-state index in [-0.39, 0.29) is 11.0 Å². The molecule has 0 saturated carbocycles. The van der Waals surface area contributed by atoms with Crippen molar-refractivity contribution in [2.24, 2.45) is 0 Å². The Morgan fingerprint density at radius 2 is 1.97 bits per heavy atom. The van der Waals surface area contributed by atoms with Crippen LogP contribution in [0.3, 0.4) is 0 Å². The Hall–Kier alpha value is -2.62. The number of rotatable bonds is 8. The van der Waals surface area contributed by atoms with Crippen LogP contribution in [0.1, 0.15) is 35.6 Å². The number of hydrogen-bond acceptors (Lipinski definition) is 6. The number of nitrogens with one attached hydrogen (secondary N) is 2. The van der Waals surface area contributed by atoms with Gasteiger partial charge in [-0.25, -0.2) is 4.68 Å². The molecule has 0 aliphatic rings. The van der Waals surface area contributed by atoms with E-state index in [1.165, 1.54) is 17.3 Å². The Balaban J connectivity index is 1.66. The van der Waals surface area contributed by atoms with E-state index in [1.54, 1.807) is 22.9 Å². The van der Waals surface area contributed by atoms with Gasteiger partial charge in [0, 0.05) is 17.7 Å². The number of aromatic nitrogens is 3. The summed E-state index contributed by atoms with van der Waals surface area (Å²) in [7, 11) is 0. The molecular formula is C21H22ClN5O2S2. The van der Waals surface area contributed by atoms with Gasteiger partial charge in [0.15, 0.2) is 10.9 Å². The molecule has 10 heteroatoms. The fourth-order valence-electron chi connectivity index (χ4n) is 2.68. The molecule has 1 aromatic heterocycles. The van der Waals surface area contributed by atoms with Crippen molar-refractivity contribution in [1.82, 2.24) is 20.2 Å². The molecular weight excluding hydrogens is 454 g/mol. The summed E-state index contributed by atoms with van der Waals surface area (Å²) in [5, 5.41) is 12.3. The number of benzene rings is 2. The van der Waals surface area contributed by atoms with Crippen molar-refractivity contribution in [3.8, 4) is 5.75 Å². The van der Waals surface area contributed by atoms with E-state index in [9.17, 15) is 4.79 Å². The standard InChI is InChI=1S/C21H22ClN5O2S2/c1-3-18-24-25-21(31-13-14-8-6-5-7-9-14)27(18)26-20(30)23-19(28)15-10-11-17(29-4-2)16(22)12-15/h5-12H,3-4,13H2,1-2H3,(H2,23,26,28,30). The average Bonchev–Trinajstić information content (AvgIpc) is 3.15. The van der Waals surface area contributed by atoms with Crippen molar-refractivity contribution < 1.29 is 9.53 Å². The maximum absolute atomic E-state index is 12.6. The molecule has 0 radical (unpaired) electrons. The molecule has 0 spiro atoms. The molecule has 0 aliphatic heterocycles. The van der Waals surface area contributed by atoms with Gasteiger partial charge in [-0.2, -0.15) is 0 Å². The Bertz CT molecular complexity index is 1060. The van der Waals surface area contributed by atoms with Gasteiger partial charge in [-0.05, 0) is 42.9 Å². The van der Waals surface area contributed by atoms with Gasteiger partial charge in [-0.1, -0.05) is 60.6 Å². The topological polar surface area (TPSA) is 81.1 Å². The van der Waals surface area contributed by atoms with Gasteiger partial charge in [0.05, 0.1) is 11.6 Å². The van der Waals surface area contributed by atoms with Crippen LogP contribution in [-0.2, 0) is 12.2 Å². The van der Waals surface area contributed by atoms with E-state index in [4.69, 9.17) is 28.6 Å². The molecule has 2 aromatic carbocycles. The zero-order chi connectivity index (χ0) is 22.2. The first-order chi connectivity index (χ1) is 15.0. The number of thioether (sulfide) groups is 1. The lowest BCUT2D eigenvalue weighted by Crippen LogP contribution is -2.38. The van der Waals surface area contributed by atoms with Gasteiger partial charge in [0.2, 0.25) is 5.16 Å². The number of ether oxygens (including phenoxy) is 1. The first kappa shape index (κ1) is 23.1. The first-order valence-corrected chi connectivity index (χ1v) is 11.4. The Morgan fingerprint density at radius 3 is 2.65 bits per heavy atom. The highest BCUT2D eigenvalue weighted by Crippen LogP contribution is 2.25. The molecule has 7 nitrogen and oxygen atoms in total. The minimum Gasteiger partial charge on any atom is -0.492 e. The molecule has 0 saturated heterocycles. The third-order valence-corrected chi connectivity index (χ3v) is 5.65. The number of amides is 1. The molecule has 0 unspecified atom stereocenters. The van der Waals surface area contributed by atoms with Gasteiger partial charge in [-0.15, -0.1) is 10.2 Å². The summed E-state index contributed by atoms with van der Waals surface area (Å²) in [4.78, 5) is 12.6. The van der Waals surface area contributed by atoms with Crippen molar-refractivity contribution in [3.05, 3.63) is 70.5 Å². The maximum Gasteiger partial charge on any atom is 0.257 e. The van der Waals surface area contributed by atoms with Crippen LogP contribution in [0.15, 0.2) is 53.7 Å². The van der Waals surface area contributed by atoms with Crippen molar-refractivity contribution in [3.63, 3.8) is 0 Å². The SMILES string of the molecule is CCOc1ccc(C(=O)NC(=S)Nn2c(CC)nnc2SCc2ccccc2)cc1Cl. The van der Waals surface area contributed by atoms with E-state index in [2.05, 4.69) is 33.1 Å². The number of halogens is 1. The molecule has 3 aromatic rings. The van der Waals surface area contributed by atoms with Gasteiger partial charge in [-0.3, -0.25) is 15.5 Å². The Kier molecular flexibility index (Phi) is 8.27. The third kappa shape index (κ3) is 6.19. The van der Waals surface area contributed by atoms with Crippen LogP contribution in [0.2, 0.25) is 5.02 Å². The van der Waals surface area contributed by atoms with Crippen LogP contribution in [-0.4, -0.2) is 32.5 Å². The Labute approximate surface area is 195 Å². The van der Waals surface area contributed by atoms with E-state index < -0.39 is 0 Å². The van der Waals surface area contributed by atoms with Crippen LogP contribution in [0.5, 0.6) is 5.75 Å². The summed E-state index contributed by atoms with van der Waals surface area (Å²) >= 11 is 13.0. The van der Waals surface area contributed by atoms with E-state index in [0.717, 1.165) is 5.75 Å². The zero-order valence-corrected chi connectivity index (χ0v) is 19.5. The number of nitrogens with zero attached hydrogens (tertiary/aromatic N) is 3. The quantitative estimate of drug-likeness (QED) is 0.368. The molecule has 0 atom stereocenters. The number of carbonyl (C=O) groups excluding carboxylic acids is 1. The lowest BCUT2D eigenvalue weighted by molar-refractivity contribution is 0.0977. The largest absolute Gasteiger partial charge is 0.492 e. The monoisotopic (exact) mass is 475 g/mol. The van der Waals surface area contributed by atoms with Crippen molar-refractivity contribution in [2.45, 2.75) is 31.2 Å². The second-order valence-corrected chi connectivity index (χ2v) is 8.09. The summed E-state index contributed by atoms with van der Waals surface area (Å²) in [6.07, 6.45) is 0.650. The third-order valence-electron chi connectivity index (χ3n) is 4.16. The summed E-state index contributed by atoms with van der Waals surface area (Å²) in [6.45, 7) is 4.32. The molecule has 0 bridgehead atoms. The fourth-order valence-corrected chi connectivity index (χ4v) is 3.96. The summed E-state index contributed by atoms with van der Waals surface area (Å²) in [5.41, 5.74) is 4.55. The van der Waals surface area contributed by atoms with Crippen molar-refractivity contribution >= 4 is 46.6 Å². The Morgan fingerprint density at radius 1 is 1.19 bits per heavy atom. The highest BCUT2D eigenvalue weighted by atomic mass is 35.5. The van der Waals surface area contributed by atoms with Gasteiger partial charge < -0.3 is 4.74 Å². The van der Waals surface area contributed by atoms with Crippen LogP contribution in [0.25, 0.3) is 0 Å². The fraction of sp³-hybridized carbons (Fsp3) is 0.238. The maximum atomic E-state index is 12.6. The molecule has 1 heterocycles. The molecule has 2 N–H and O–H groups in total.